The van der Waals surface area contributed by atoms with Gasteiger partial charge in [0.1, 0.15) is 0 Å². The summed E-state index contributed by atoms with van der Waals surface area (Å²) in [5.74, 6) is 0.470. The van der Waals surface area contributed by atoms with Gasteiger partial charge < -0.3 is 9.47 Å². The fourth-order valence-corrected chi connectivity index (χ4v) is 12.2. The van der Waals surface area contributed by atoms with Crippen LogP contribution >= 0.6 is 0 Å². The molecule has 346 valence electrons. The molecule has 4 aliphatic rings. The van der Waals surface area contributed by atoms with Gasteiger partial charge in [-0.2, -0.15) is 0 Å². The zero-order chi connectivity index (χ0) is 48.2. The molecule has 2 atom stereocenters. The van der Waals surface area contributed by atoms with Gasteiger partial charge in [0, 0.05) is 45.4 Å². The van der Waals surface area contributed by atoms with Crippen molar-refractivity contribution >= 4 is 44.5 Å². The minimum Gasteiger partial charge on any atom is -0.313 e. The number of hydrogen-bond donors (Lipinski definition) is 0. The zero-order valence-electron chi connectivity index (χ0n) is 40.9. The van der Waals surface area contributed by atoms with Gasteiger partial charge in [0.15, 0.2) is 0 Å². The summed E-state index contributed by atoms with van der Waals surface area (Å²) >= 11 is 0. The minimum atomic E-state index is -0.459. The van der Waals surface area contributed by atoms with Gasteiger partial charge in [-0.3, -0.25) is 0 Å². The highest BCUT2D eigenvalue weighted by molar-refractivity contribution is 6.11. The molecule has 0 saturated carbocycles. The standard InChI is InChI=1S/C70H56N2/c1-49-21-20-24-51(43-49)53-44-52(50-22-8-5-9-23-50)45-60(46-53)71(59-36-38-64-63-32-17-19-34-67(63)72(68(64)48-59)57-29-14-3-4-15-30-57)58-39-41-69(2,42-40-58)56-35-37-62-61-31-16-18-33-65(61)70(66(62)47-56,54-25-10-6-11-26-54)55-27-12-7-13-28-55/h3-20,22-29,31-41,43-49H,21,30,42H2,1-2H3. The lowest BCUT2D eigenvalue weighted by Crippen LogP contribution is -2.29. The number of aromatic nitrogens is 1. The first-order chi connectivity index (χ1) is 35.5. The van der Waals surface area contributed by atoms with Crippen LogP contribution in [0, 0.1) is 5.92 Å². The normalized spacial score (nSPS) is 18.6. The summed E-state index contributed by atoms with van der Waals surface area (Å²) in [4.78, 5) is 2.51. The molecular weight excluding hydrogens is 869 g/mol. The van der Waals surface area contributed by atoms with Crippen LogP contribution in [0.2, 0.25) is 0 Å². The Morgan fingerprint density at radius 1 is 0.528 bits per heavy atom. The number of rotatable bonds is 9. The summed E-state index contributed by atoms with van der Waals surface area (Å²) in [6, 6.07) is 72.7. The molecule has 1 aromatic heterocycles. The number of benzene rings is 8. The van der Waals surface area contributed by atoms with Crippen molar-refractivity contribution in [3.8, 4) is 22.3 Å². The zero-order valence-corrected chi connectivity index (χ0v) is 40.9. The second kappa shape index (κ2) is 17.7. The van der Waals surface area contributed by atoms with Crippen LogP contribution in [0.25, 0.3) is 55.3 Å². The fraction of sp³-hybridized carbons (Fsp3) is 0.114. The van der Waals surface area contributed by atoms with Gasteiger partial charge in [-0.05, 0) is 129 Å². The monoisotopic (exact) mass is 924 g/mol. The number of para-hydroxylation sites is 1. The lowest BCUT2D eigenvalue weighted by Gasteiger charge is -2.36. The fourth-order valence-electron chi connectivity index (χ4n) is 12.2. The number of nitrogens with zero attached hydrogens (tertiary/aromatic N) is 2. The van der Waals surface area contributed by atoms with Gasteiger partial charge in [-0.1, -0.05) is 226 Å². The third-order valence-corrected chi connectivity index (χ3v) is 15.8. The number of hydrogen-bond acceptors (Lipinski definition) is 1. The Morgan fingerprint density at radius 3 is 2.01 bits per heavy atom. The van der Waals surface area contributed by atoms with E-state index in [0.717, 1.165) is 36.3 Å². The Labute approximate surface area is 423 Å². The molecule has 2 unspecified atom stereocenters. The van der Waals surface area contributed by atoms with Crippen molar-refractivity contribution < 1.29 is 0 Å². The highest BCUT2D eigenvalue weighted by atomic mass is 15.1. The first kappa shape index (κ1) is 43.6. The van der Waals surface area contributed by atoms with Crippen LogP contribution in [0.1, 0.15) is 66.5 Å². The average molecular weight is 925 g/mol. The molecule has 2 heteroatoms. The van der Waals surface area contributed by atoms with E-state index in [9.17, 15) is 0 Å². The Balaban J connectivity index is 0.981. The van der Waals surface area contributed by atoms with Crippen LogP contribution in [-0.4, -0.2) is 4.57 Å². The lowest BCUT2D eigenvalue weighted by molar-refractivity contribution is 0.593. The van der Waals surface area contributed by atoms with E-state index >= 15 is 0 Å². The van der Waals surface area contributed by atoms with Crippen LogP contribution in [0.4, 0.5) is 11.4 Å². The number of fused-ring (bicyclic) bond motifs is 6. The molecule has 13 rings (SSSR count). The third-order valence-electron chi connectivity index (χ3n) is 15.8. The second-order valence-corrected chi connectivity index (χ2v) is 20.3. The molecule has 8 aromatic carbocycles. The van der Waals surface area contributed by atoms with E-state index in [0.29, 0.717) is 5.92 Å². The molecule has 0 fully saturated rings. The maximum Gasteiger partial charge on any atom is 0.0713 e. The second-order valence-electron chi connectivity index (χ2n) is 20.3. The molecule has 0 N–H and O–H groups in total. The van der Waals surface area contributed by atoms with Gasteiger partial charge in [-0.15, -0.1) is 0 Å². The van der Waals surface area contributed by atoms with Gasteiger partial charge in [0.05, 0.1) is 16.4 Å². The molecule has 2 nitrogen and oxygen atoms in total. The first-order valence-electron chi connectivity index (χ1n) is 25.7. The predicted octanol–water partition coefficient (Wildman–Crippen LogP) is 18.1. The van der Waals surface area contributed by atoms with E-state index in [2.05, 4.69) is 284 Å². The highest BCUT2D eigenvalue weighted by Crippen LogP contribution is 2.57. The van der Waals surface area contributed by atoms with Crippen molar-refractivity contribution in [1.29, 1.82) is 0 Å². The molecule has 9 aromatic rings. The van der Waals surface area contributed by atoms with Crippen molar-refractivity contribution in [1.82, 2.24) is 4.57 Å². The summed E-state index contributed by atoms with van der Waals surface area (Å²) in [6.07, 6.45) is 28.2. The number of anilines is 2. The van der Waals surface area contributed by atoms with Crippen LogP contribution in [-0.2, 0) is 10.8 Å². The Morgan fingerprint density at radius 2 is 1.24 bits per heavy atom. The molecular formula is C70H56N2. The lowest BCUT2D eigenvalue weighted by atomic mass is 9.66. The molecule has 0 spiro atoms. The maximum atomic E-state index is 2.54. The summed E-state index contributed by atoms with van der Waals surface area (Å²) in [7, 11) is 0. The van der Waals surface area contributed by atoms with Gasteiger partial charge in [0.2, 0.25) is 0 Å². The summed E-state index contributed by atoms with van der Waals surface area (Å²) in [5.41, 5.74) is 20.4. The minimum absolute atomic E-state index is 0.271. The van der Waals surface area contributed by atoms with Gasteiger partial charge >= 0.3 is 0 Å². The van der Waals surface area contributed by atoms with Crippen LogP contribution in [0.15, 0.2) is 267 Å². The predicted molar refractivity (Wildman–Crippen MR) is 304 cm³/mol. The van der Waals surface area contributed by atoms with Crippen molar-refractivity contribution in [2.24, 2.45) is 5.92 Å². The summed E-state index contributed by atoms with van der Waals surface area (Å²) < 4.78 is 2.48. The first-order valence-corrected chi connectivity index (χ1v) is 25.7. The van der Waals surface area contributed by atoms with E-state index in [4.69, 9.17) is 0 Å². The molecule has 0 amide bonds. The highest BCUT2D eigenvalue weighted by Gasteiger charge is 2.46. The maximum absolute atomic E-state index is 2.54. The quantitative estimate of drug-likeness (QED) is 0.140. The van der Waals surface area contributed by atoms with Crippen LogP contribution in [0.5, 0.6) is 0 Å². The molecule has 4 aliphatic carbocycles. The van der Waals surface area contributed by atoms with E-state index in [1.54, 1.807) is 0 Å². The van der Waals surface area contributed by atoms with Crippen molar-refractivity contribution in [3.63, 3.8) is 0 Å². The molecule has 0 bridgehead atoms. The van der Waals surface area contributed by atoms with E-state index < -0.39 is 5.41 Å². The third kappa shape index (κ3) is 7.24. The molecule has 0 aliphatic heterocycles. The summed E-state index contributed by atoms with van der Waals surface area (Å²) in [5, 5.41) is 2.51. The smallest absolute Gasteiger partial charge is 0.0713 e. The molecule has 0 radical (unpaired) electrons. The van der Waals surface area contributed by atoms with Crippen LogP contribution < -0.4 is 4.90 Å². The topological polar surface area (TPSA) is 8.17 Å². The van der Waals surface area contributed by atoms with Crippen LogP contribution in [0.3, 0.4) is 0 Å². The summed E-state index contributed by atoms with van der Waals surface area (Å²) in [6.45, 7) is 4.74. The number of allylic oxidation sites excluding steroid dienone is 13. The van der Waals surface area contributed by atoms with Gasteiger partial charge in [-0.25, -0.2) is 0 Å². The SMILES string of the molecule is CC1C=C(c2cc(-c3ccccc3)cc(N(C3=CCC(C)(c4ccc5c(c4)C(c4ccccc4)(c4ccccc4)c4ccccc4-5)C=C3)c3ccc4c5ccccc5n(C5=CC=CC=CC5)c4c3)c2)C=CC1. The van der Waals surface area contributed by atoms with Crippen molar-refractivity contribution in [2.45, 2.75) is 43.9 Å². The average Bonchev–Trinajstić information content (AvgIpc) is 3.77. The van der Waals surface area contributed by atoms with E-state index in [-0.39, 0.29) is 5.41 Å². The van der Waals surface area contributed by atoms with E-state index in [1.165, 1.54) is 88.7 Å². The van der Waals surface area contributed by atoms with Crippen molar-refractivity contribution in [3.05, 3.63) is 300 Å². The van der Waals surface area contributed by atoms with Crippen molar-refractivity contribution in [2.75, 3.05) is 4.90 Å². The molecule has 72 heavy (non-hydrogen) atoms. The Hall–Kier alpha value is -8.46. The Bertz CT molecular complexity index is 3760. The molecule has 0 saturated heterocycles. The molecule has 1 heterocycles. The van der Waals surface area contributed by atoms with Gasteiger partial charge in [0.25, 0.3) is 0 Å². The van der Waals surface area contributed by atoms with E-state index in [1.807, 2.05) is 0 Å². The Kier molecular flexibility index (Phi) is 10.7. The largest absolute Gasteiger partial charge is 0.313 e.